The first kappa shape index (κ1) is 20.1. The fourth-order valence-electron chi connectivity index (χ4n) is 2.77. The van der Waals surface area contributed by atoms with E-state index in [2.05, 4.69) is 48.6 Å². The summed E-state index contributed by atoms with van der Waals surface area (Å²) in [6.07, 6.45) is 1.46. The number of rotatable bonds is 8. The Morgan fingerprint density at radius 3 is 2.76 bits per heavy atom. The zero-order chi connectivity index (χ0) is 20.1. The summed E-state index contributed by atoms with van der Waals surface area (Å²) in [5, 5.41) is 11.3. The van der Waals surface area contributed by atoms with E-state index >= 15 is 0 Å². The summed E-state index contributed by atoms with van der Waals surface area (Å²) < 4.78 is 6.93. The van der Waals surface area contributed by atoms with Gasteiger partial charge in [0.05, 0.1) is 0 Å². The third-order valence-electron chi connectivity index (χ3n) is 4.12. The van der Waals surface area contributed by atoms with E-state index in [9.17, 15) is 4.79 Å². The van der Waals surface area contributed by atoms with Crippen LogP contribution in [0.2, 0.25) is 0 Å². The molecule has 0 spiro atoms. The van der Waals surface area contributed by atoms with Gasteiger partial charge in [0.1, 0.15) is 11.9 Å². The first-order valence-electron chi connectivity index (χ1n) is 8.86. The third kappa shape index (κ3) is 5.04. The molecule has 2 aromatic heterocycles. The summed E-state index contributed by atoms with van der Waals surface area (Å²) in [5.41, 5.74) is 1.56. The quantitative estimate of drug-likeness (QED) is 0.264. The van der Waals surface area contributed by atoms with Crippen LogP contribution < -0.4 is 5.32 Å². The molecule has 0 atom stereocenters. The van der Waals surface area contributed by atoms with Crippen molar-refractivity contribution in [2.75, 3.05) is 12.3 Å². The van der Waals surface area contributed by atoms with E-state index in [-0.39, 0.29) is 5.91 Å². The zero-order valence-electron chi connectivity index (χ0n) is 15.2. The average Bonchev–Trinajstić information content (AvgIpc) is 3.38. The van der Waals surface area contributed by atoms with Gasteiger partial charge in [-0.05, 0) is 30.3 Å². The van der Waals surface area contributed by atoms with Crippen LogP contribution in [0.15, 0.2) is 73.8 Å². The van der Waals surface area contributed by atoms with Crippen LogP contribution in [-0.2, 0) is 5.75 Å². The van der Waals surface area contributed by atoms with E-state index < -0.39 is 0 Å². The molecule has 148 valence electrons. The van der Waals surface area contributed by atoms with E-state index in [4.69, 9.17) is 4.42 Å². The van der Waals surface area contributed by atoms with Crippen LogP contribution in [0, 0.1) is 0 Å². The fraction of sp³-hybridized carbons (Fsp3) is 0.150. The van der Waals surface area contributed by atoms with Gasteiger partial charge < -0.3 is 9.73 Å². The maximum absolute atomic E-state index is 12.8. The molecule has 4 aromatic rings. The zero-order valence-corrected chi connectivity index (χ0v) is 18.4. The van der Waals surface area contributed by atoms with Crippen LogP contribution in [0.3, 0.4) is 0 Å². The Morgan fingerprint density at radius 1 is 1.14 bits per heavy atom. The van der Waals surface area contributed by atoms with Gasteiger partial charge in [0.15, 0.2) is 10.9 Å². The van der Waals surface area contributed by atoms with E-state index in [0.717, 1.165) is 26.1 Å². The maximum atomic E-state index is 12.8. The highest BCUT2D eigenvalue weighted by atomic mass is 79.9. The van der Waals surface area contributed by atoms with Gasteiger partial charge in [-0.2, -0.15) is 5.10 Å². The SMILES string of the molecule is O=C(NCCSc1ccc(Br)cc1)c1oc2ccccc2c1CSc1ncn[nH]1. The van der Waals surface area contributed by atoms with Crippen molar-refractivity contribution in [3.8, 4) is 0 Å². The summed E-state index contributed by atoms with van der Waals surface area (Å²) in [7, 11) is 0. The number of amides is 1. The number of halogens is 1. The standard InChI is InChI=1S/C20H17BrN4O2S2/c21-13-5-7-14(8-6-13)28-10-9-22-19(26)18-16(11-29-20-23-12-24-25-20)15-3-1-2-4-17(15)27-18/h1-8,12H,9-11H2,(H,22,26)(H,23,24,25). The number of aromatic nitrogens is 3. The number of aromatic amines is 1. The van der Waals surface area contributed by atoms with E-state index in [1.54, 1.807) is 11.8 Å². The van der Waals surface area contributed by atoms with Crippen LogP contribution in [0.4, 0.5) is 0 Å². The van der Waals surface area contributed by atoms with E-state index in [0.29, 0.717) is 28.8 Å². The number of nitrogens with zero attached hydrogens (tertiary/aromatic N) is 2. The highest BCUT2D eigenvalue weighted by Crippen LogP contribution is 2.31. The number of carbonyl (C=O) groups is 1. The van der Waals surface area contributed by atoms with Crippen LogP contribution in [-0.4, -0.2) is 33.4 Å². The number of furan rings is 1. The van der Waals surface area contributed by atoms with Gasteiger partial charge in [0.25, 0.3) is 5.91 Å². The molecule has 29 heavy (non-hydrogen) atoms. The lowest BCUT2D eigenvalue weighted by Crippen LogP contribution is -2.26. The van der Waals surface area contributed by atoms with Gasteiger partial charge in [-0.15, -0.1) is 11.8 Å². The second-order valence-electron chi connectivity index (χ2n) is 6.04. The molecule has 0 saturated carbocycles. The molecule has 0 aliphatic heterocycles. The molecule has 0 aliphatic carbocycles. The van der Waals surface area contributed by atoms with Crippen molar-refractivity contribution in [1.29, 1.82) is 0 Å². The highest BCUT2D eigenvalue weighted by Gasteiger charge is 2.20. The lowest BCUT2D eigenvalue weighted by Gasteiger charge is -2.05. The number of nitrogens with one attached hydrogen (secondary N) is 2. The minimum atomic E-state index is -0.203. The molecule has 2 aromatic carbocycles. The number of fused-ring (bicyclic) bond motifs is 1. The fourth-order valence-corrected chi connectivity index (χ4v) is 4.61. The number of thioether (sulfide) groups is 2. The Labute approximate surface area is 184 Å². The van der Waals surface area contributed by atoms with Crippen LogP contribution in [0.1, 0.15) is 16.1 Å². The minimum Gasteiger partial charge on any atom is -0.451 e. The van der Waals surface area contributed by atoms with Crippen molar-refractivity contribution in [3.05, 3.63) is 70.7 Å². The number of hydrogen-bond acceptors (Lipinski definition) is 6. The molecule has 0 saturated heterocycles. The van der Waals surface area contributed by atoms with Crippen molar-refractivity contribution in [1.82, 2.24) is 20.5 Å². The summed E-state index contributed by atoms with van der Waals surface area (Å²) in [4.78, 5) is 18.1. The second-order valence-corrected chi connectivity index (χ2v) is 9.09. The number of hydrogen-bond donors (Lipinski definition) is 2. The smallest absolute Gasteiger partial charge is 0.287 e. The minimum absolute atomic E-state index is 0.203. The van der Waals surface area contributed by atoms with Crippen molar-refractivity contribution in [2.45, 2.75) is 15.8 Å². The molecule has 6 nitrogen and oxygen atoms in total. The van der Waals surface area contributed by atoms with Crippen LogP contribution >= 0.6 is 39.5 Å². The van der Waals surface area contributed by atoms with Crippen LogP contribution in [0.25, 0.3) is 11.0 Å². The average molecular weight is 489 g/mol. The maximum Gasteiger partial charge on any atom is 0.287 e. The largest absolute Gasteiger partial charge is 0.451 e. The van der Waals surface area contributed by atoms with Gasteiger partial charge in [-0.3, -0.25) is 9.89 Å². The predicted molar refractivity (Wildman–Crippen MR) is 119 cm³/mol. The Morgan fingerprint density at radius 2 is 1.97 bits per heavy atom. The van der Waals surface area contributed by atoms with Crippen molar-refractivity contribution in [3.63, 3.8) is 0 Å². The molecule has 2 heterocycles. The Hall–Kier alpha value is -2.23. The summed E-state index contributed by atoms with van der Waals surface area (Å²) in [6.45, 7) is 0.547. The molecule has 0 radical (unpaired) electrons. The lowest BCUT2D eigenvalue weighted by molar-refractivity contribution is 0.0929. The number of benzene rings is 2. The van der Waals surface area contributed by atoms with Crippen molar-refractivity contribution >= 4 is 56.3 Å². The number of H-pyrrole nitrogens is 1. The summed E-state index contributed by atoms with van der Waals surface area (Å²) in [5.74, 6) is 1.48. The van der Waals surface area contributed by atoms with Gasteiger partial charge in [0, 0.05) is 38.4 Å². The molecular formula is C20H17BrN4O2S2. The lowest BCUT2D eigenvalue weighted by atomic mass is 10.1. The highest BCUT2D eigenvalue weighted by molar-refractivity contribution is 9.10. The predicted octanol–water partition coefficient (Wildman–Crippen LogP) is 5.13. The molecule has 0 fully saturated rings. The monoisotopic (exact) mass is 488 g/mol. The molecule has 1 amide bonds. The first-order valence-corrected chi connectivity index (χ1v) is 11.6. The first-order chi connectivity index (χ1) is 14.2. The number of carbonyl (C=O) groups excluding carboxylic acids is 1. The van der Waals surface area contributed by atoms with Gasteiger partial charge in [-0.1, -0.05) is 45.9 Å². The van der Waals surface area contributed by atoms with Gasteiger partial charge in [-0.25, -0.2) is 4.98 Å². The summed E-state index contributed by atoms with van der Waals surface area (Å²) in [6, 6.07) is 15.8. The number of para-hydroxylation sites is 1. The summed E-state index contributed by atoms with van der Waals surface area (Å²) >= 11 is 6.61. The van der Waals surface area contributed by atoms with Crippen LogP contribution in [0.5, 0.6) is 0 Å². The molecular weight excluding hydrogens is 472 g/mol. The molecule has 0 unspecified atom stereocenters. The van der Waals surface area contributed by atoms with Gasteiger partial charge >= 0.3 is 0 Å². The molecule has 0 bridgehead atoms. The topological polar surface area (TPSA) is 83.8 Å². The Balaban J connectivity index is 1.42. The normalized spacial score (nSPS) is 11.1. The van der Waals surface area contributed by atoms with Crippen molar-refractivity contribution in [2.24, 2.45) is 0 Å². The third-order valence-corrected chi connectivity index (χ3v) is 6.57. The van der Waals surface area contributed by atoms with E-state index in [1.165, 1.54) is 18.1 Å². The molecule has 4 rings (SSSR count). The molecule has 2 N–H and O–H groups in total. The Kier molecular flexibility index (Phi) is 6.58. The molecule has 9 heteroatoms. The second kappa shape index (κ2) is 9.51. The molecule has 0 aliphatic rings. The van der Waals surface area contributed by atoms with Gasteiger partial charge in [0.2, 0.25) is 0 Å². The Bertz CT molecular complexity index is 1100. The van der Waals surface area contributed by atoms with Crippen molar-refractivity contribution < 1.29 is 9.21 Å². The van der Waals surface area contributed by atoms with E-state index in [1.807, 2.05) is 36.4 Å².